The summed E-state index contributed by atoms with van der Waals surface area (Å²) in [6.45, 7) is 3.86. The molecule has 0 aliphatic heterocycles. The van der Waals surface area contributed by atoms with Crippen molar-refractivity contribution in [2.24, 2.45) is 0 Å². The number of nitrogens with one attached hydrogen (secondary N) is 2. The van der Waals surface area contributed by atoms with Gasteiger partial charge in [0.25, 0.3) is 5.91 Å². The molecule has 110 valence electrons. The zero-order valence-electron chi connectivity index (χ0n) is 11.3. The summed E-state index contributed by atoms with van der Waals surface area (Å²) in [6.07, 6.45) is 0.765. The third-order valence-corrected chi connectivity index (χ3v) is 2.63. The van der Waals surface area contributed by atoms with Crippen LogP contribution in [0.15, 0.2) is 12.1 Å². The summed E-state index contributed by atoms with van der Waals surface area (Å²) < 4.78 is 26.5. The highest BCUT2D eigenvalue weighted by atomic mass is 19.1. The molecule has 4 N–H and O–H groups in total. The predicted octanol–water partition coefficient (Wildman–Crippen LogP) is 1.19. The lowest BCUT2D eigenvalue weighted by molar-refractivity contribution is -0.122. The van der Waals surface area contributed by atoms with Crippen LogP contribution < -0.4 is 16.4 Å². The van der Waals surface area contributed by atoms with E-state index in [0.29, 0.717) is 6.54 Å². The van der Waals surface area contributed by atoms with Crippen molar-refractivity contribution in [3.63, 3.8) is 0 Å². The van der Waals surface area contributed by atoms with E-state index < -0.39 is 29.3 Å². The lowest BCUT2D eigenvalue weighted by Crippen LogP contribution is -2.45. The Morgan fingerprint density at radius 3 is 2.35 bits per heavy atom. The van der Waals surface area contributed by atoms with Crippen molar-refractivity contribution < 1.29 is 18.4 Å². The van der Waals surface area contributed by atoms with Gasteiger partial charge >= 0.3 is 0 Å². The van der Waals surface area contributed by atoms with Gasteiger partial charge in [0.2, 0.25) is 5.91 Å². The van der Waals surface area contributed by atoms with Crippen LogP contribution in [-0.4, -0.2) is 24.4 Å². The lowest BCUT2D eigenvalue weighted by Gasteiger charge is -2.14. The fraction of sp³-hybridized carbons (Fsp3) is 0.385. The molecular formula is C13H17F2N3O2. The highest BCUT2D eigenvalue weighted by molar-refractivity contribution is 5.97. The summed E-state index contributed by atoms with van der Waals surface area (Å²) in [4.78, 5) is 23.3. The second kappa shape index (κ2) is 6.83. The Morgan fingerprint density at radius 2 is 1.85 bits per heavy atom. The molecule has 0 fully saturated rings. The van der Waals surface area contributed by atoms with Gasteiger partial charge in [0, 0.05) is 12.1 Å². The second-order valence-corrected chi connectivity index (χ2v) is 4.34. The highest BCUT2D eigenvalue weighted by Crippen LogP contribution is 2.17. The van der Waals surface area contributed by atoms with Crippen LogP contribution in [0, 0.1) is 11.6 Å². The van der Waals surface area contributed by atoms with E-state index >= 15 is 0 Å². The number of benzene rings is 1. The Bertz CT molecular complexity index is 497. The van der Waals surface area contributed by atoms with Gasteiger partial charge in [-0.15, -0.1) is 0 Å². The minimum atomic E-state index is -1.02. The van der Waals surface area contributed by atoms with Crippen LogP contribution in [0.25, 0.3) is 0 Å². The lowest BCUT2D eigenvalue weighted by atomic mass is 10.1. The van der Waals surface area contributed by atoms with Gasteiger partial charge in [-0.3, -0.25) is 9.59 Å². The molecule has 1 atom stereocenters. The standard InChI is InChI=1S/C13H17F2N3O2/c1-3-4-17-12(19)7(2)18-13(20)8-5-9(14)11(16)10(15)6-8/h5-7H,3-4,16H2,1-2H3,(H,17,19)(H,18,20). The Balaban J connectivity index is 2.74. The van der Waals surface area contributed by atoms with Gasteiger partial charge in [-0.1, -0.05) is 6.92 Å². The molecule has 0 aromatic heterocycles. The van der Waals surface area contributed by atoms with Crippen molar-refractivity contribution in [2.75, 3.05) is 12.3 Å². The van der Waals surface area contributed by atoms with E-state index in [1.807, 2.05) is 6.92 Å². The molecule has 0 bridgehead atoms. The topological polar surface area (TPSA) is 84.2 Å². The fourth-order valence-electron chi connectivity index (χ4n) is 1.46. The summed E-state index contributed by atoms with van der Waals surface area (Å²) in [5, 5.41) is 4.95. The number of hydrogen-bond donors (Lipinski definition) is 3. The summed E-state index contributed by atoms with van der Waals surface area (Å²) in [6, 6.07) is 0.840. The van der Waals surface area contributed by atoms with Crippen molar-refractivity contribution >= 4 is 17.5 Å². The van der Waals surface area contributed by atoms with Crippen LogP contribution in [-0.2, 0) is 4.79 Å². The van der Waals surface area contributed by atoms with Crippen molar-refractivity contribution in [3.05, 3.63) is 29.3 Å². The molecule has 2 amide bonds. The van der Waals surface area contributed by atoms with E-state index in [4.69, 9.17) is 5.73 Å². The normalized spacial score (nSPS) is 11.8. The first-order valence-electron chi connectivity index (χ1n) is 6.19. The third-order valence-electron chi connectivity index (χ3n) is 2.63. The Morgan fingerprint density at radius 1 is 1.30 bits per heavy atom. The SMILES string of the molecule is CCCNC(=O)C(C)NC(=O)c1cc(F)c(N)c(F)c1. The van der Waals surface area contributed by atoms with Crippen LogP contribution in [0.5, 0.6) is 0 Å². The number of carbonyl (C=O) groups is 2. The summed E-state index contributed by atoms with van der Waals surface area (Å²) in [7, 11) is 0. The summed E-state index contributed by atoms with van der Waals surface area (Å²) in [5.41, 5.74) is 4.23. The number of hydrogen-bond acceptors (Lipinski definition) is 3. The molecule has 1 unspecified atom stereocenters. The zero-order valence-corrected chi connectivity index (χ0v) is 11.3. The van der Waals surface area contributed by atoms with Crippen LogP contribution in [0.3, 0.4) is 0 Å². The molecule has 0 aliphatic rings. The molecular weight excluding hydrogens is 268 g/mol. The molecule has 0 heterocycles. The van der Waals surface area contributed by atoms with Crippen LogP contribution in [0.2, 0.25) is 0 Å². The number of halogens is 2. The molecule has 1 rings (SSSR count). The minimum Gasteiger partial charge on any atom is -0.394 e. The summed E-state index contributed by atoms with van der Waals surface area (Å²) in [5.74, 6) is -3.14. The minimum absolute atomic E-state index is 0.232. The zero-order chi connectivity index (χ0) is 15.3. The molecule has 0 saturated carbocycles. The Hall–Kier alpha value is -2.18. The van der Waals surface area contributed by atoms with Gasteiger partial charge in [0.1, 0.15) is 23.4 Å². The first-order chi connectivity index (χ1) is 9.36. The molecule has 7 heteroatoms. The number of carbonyl (C=O) groups excluding carboxylic acids is 2. The largest absolute Gasteiger partial charge is 0.394 e. The number of nitrogens with two attached hydrogens (primary N) is 1. The Kier molecular flexibility index (Phi) is 5.42. The molecule has 0 aliphatic carbocycles. The highest BCUT2D eigenvalue weighted by Gasteiger charge is 2.18. The van der Waals surface area contributed by atoms with E-state index in [2.05, 4.69) is 10.6 Å². The first-order valence-corrected chi connectivity index (χ1v) is 6.19. The summed E-state index contributed by atoms with van der Waals surface area (Å²) >= 11 is 0. The van der Waals surface area contributed by atoms with E-state index in [0.717, 1.165) is 18.6 Å². The van der Waals surface area contributed by atoms with Crippen molar-refractivity contribution in [1.29, 1.82) is 0 Å². The van der Waals surface area contributed by atoms with Gasteiger partial charge in [-0.05, 0) is 25.5 Å². The number of nitrogen functional groups attached to an aromatic ring is 1. The van der Waals surface area contributed by atoms with Crippen molar-refractivity contribution in [1.82, 2.24) is 10.6 Å². The van der Waals surface area contributed by atoms with Crippen LogP contribution >= 0.6 is 0 Å². The van der Waals surface area contributed by atoms with Crippen LogP contribution in [0.4, 0.5) is 14.5 Å². The maximum absolute atomic E-state index is 13.2. The molecule has 1 aromatic rings. The van der Waals surface area contributed by atoms with Gasteiger partial charge in [-0.25, -0.2) is 8.78 Å². The average molecular weight is 285 g/mol. The van der Waals surface area contributed by atoms with E-state index in [1.165, 1.54) is 6.92 Å². The van der Waals surface area contributed by atoms with Gasteiger partial charge in [0.15, 0.2) is 0 Å². The Labute approximate surface area is 115 Å². The maximum Gasteiger partial charge on any atom is 0.252 e. The number of anilines is 1. The average Bonchev–Trinajstić information content (AvgIpc) is 2.41. The van der Waals surface area contributed by atoms with Gasteiger partial charge in [-0.2, -0.15) is 0 Å². The maximum atomic E-state index is 13.2. The number of rotatable bonds is 5. The van der Waals surface area contributed by atoms with Crippen molar-refractivity contribution in [2.45, 2.75) is 26.3 Å². The molecule has 0 radical (unpaired) electrons. The van der Waals surface area contributed by atoms with E-state index in [9.17, 15) is 18.4 Å². The van der Waals surface area contributed by atoms with Crippen LogP contribution in [0.1, 0.15) is 30.6 Å². The molecule has 0 saturated heterocycles. The monoisotopic (exact) mass is 285 g/mol. The van der Waals surface area contributed by atoms with Gasteiger partial charge in [0.05, 0.1) is 0 Å². The quantitative estimate of drug-likeness (QED) is 0.711. The molecule has 5 nitrogen and oxygen atoms in total. The third kappa shape index (κ3) is 3.91. The van der Waals surface area contributed by atoms with Crippen molar-refractivity contribution in [3.8, 4) is 0 Å². The van der Waals surface area contributed by atoms with Gasteiger partial charge < -0.3 is 16.4 Å². The predicted molar refractivity (Wildman–Crippen MR) is 71.0 cm³/mol. The molecule has 20 heavy (non-hydrogen) atoms. The first kappa shape index (κ1) is 15.9. The number of amides is 2. The fourth-order valence-corrected chi connectivity index (χ4v) is 1.46. The molecule has 1 aromatic carbocycles. The molecule has 0 spiro atoms. The van der Waals surface area contributed by atoms with E-state index in [1.54, 1.807) is 0 Å². The smallest absolute Gasteiger partial charge is 0.252 e. The second-order valence-electron chi connectivity index (χ2n) is 4.34. The van der Waals surface area contributed by atoms with E-state index in [-0.39, 0.29) is 11.5 Å².